The predicted octanol–water partition coefficient (Wildman–Crippen LogP) is 5.17. The van der Waals surface area contributed by atoms with E-state index in [1.165, 1.54) is 19.2 Å². The summed E-state index contributed by atoms with van der Waals surface area (Å²) in [4.78, 5) is 19.3. The largest absolute Gasteiger partial charge is 0.494 e. The average molecular weight is 482 g/mol. The Bertz CT molecular complexity index is 1170. The number of alkyl halides is 3. The molecule has 0 radical (unpaired) electrons. The second-order valence-electron chi connectivity index (χ2n) is 8.10. The molecule has 10 heteroatoms. The summed E-state index contributed by atoms with van der Waals surface area (Å²) >= 11 is 0.978. The van der Waals surface area contributed by atoms with E-state index in [1.54, 1.807) is 13.0 Å². The molecule has 0 aliphatic carbocycles. The Labute approximate surface area is 192 Å². The van der Waals surface area contributed by atoms with Crippen LogP contribution in [-0.2, 0) is 12.7 Å². The summed E-state index contributed by atoms with van der Waals surface area (Å²) in [6.45, 7) is 3.80. The molecule has 1 aliphatic heterocycles. The van der Waals surface area contributed by atoms with Crippen molar-refractivity contribution in [3.63, 3.8) is 0 Å². The Morgan fingerprint density at radius 2 is 1.97 bits per heavy atom. The maximum Gasteiger partial charge on any atom is 0.433 e. The number of benzene rings is 1. The van der Waals surface area contributed by atoms with Gasteiger partial charge in [-0.2, -0.15) is 13.2 Å². The first kappa shape index (κ1) is 23.4. The van der Waals surface area contributed by atoms with Gasteiger partial charge in [0.15, 0.2) is 11.6 Å². The highest BCUT2D eigenvalue weighted by Crippen LogP contribution is 2.34. The molecule has 0 atom stereocenters. The fraction of sp³-hybridized carbons (Fsp3) is 0.391. The zero-order chi connectivity index (χ0) is 23.8. The zero-order valence-corrected chi connectivity index (χ0v) is 18.9. The number of carbonyl (C=O) groups is 1. The van der Waals surface area contributed by atoms with E-state index in [0.717, 1.165) is 48.9 Å². The number of piperidine rings is 1. The van der Waals surface area contributed by atoms with E-state index < -0.39 is 17.7 Å². The quantitative estimate of drug-likeness (QED) is 0.511. The third-order valence-corrected chi connectivity index (χ3v) is 7.05. The molecule has 3 aromatic rings. The van der Waals surface area contributed by atoms with E-state index in [0.29, 0.717) is 22.4 Å². The van der Waals surface area contributed by atoms with Gasteiger partial charge in [0, 0.05) is 31.1 Å². The standard InChI is InChI=1S/C23H23F4N3O2S/c1-13-16-4-6-19(23(25,26)27)29-22(16)33-20(13)21(31)28-15-7-9-30(10-8-15)12-14-3-5-18(32-2)17(24)11-14/h3-6,11,15H,7-10,12H2,1-2H3,(H,28,31). The van der Waals surface area contributed by atoms with Gasteiger partial charge >= 0.3 is 6.18 Å². The maximum absolute atomic E-state index is 13.9. The van der Waals surface area contributed by atoms with Crippen molar-refractivity contribution in [2.75, 3.05) is 20.2 Å². The van der Waals surface area contributed by atoms with Gasteiger partial charge in [0.05, 0.1) is 12.0 Å². The monoisotopic (exact) mass is 481 g/mol. The molecule has 1 aromatic carbocycles. The molecular weight excluding hydrogens is 458 g/mol. The molecule has 0 spiro atoms. The molecule has 1 N–H and O–H groups in total. The van der Waals surface area contributed by atoms with E-state index in [-0.39, 0.29) is 22.5 Å². The van der Waals surface area contributed by atoms with Crippen molar-refractivity contribution >= 4 is 27.5 Å². The number of ether oxygens (including phenoxy) is 1. The Balaban J connectivity index is 1.36. The fourth-order valence-corrected chi connectivity index (χ4v) is 5.11. The third-order valence-electron chi connectivity index (χ3n) is 5.85. The number of thiophene rings is 1. The van der Waals surface area contributed by atoms with Gasteiger partial charge < -0.3 is 10.1 Å². The summed E-state index contributed by atoms with van der Waals surface area (Å²) in [6.07, 6.45) is -3.07. The van der Waals surface area contributed by atoms with Gasteiger partial charge in [0.25, 0.3) is 5.91 Å². The van der Waals surface area contributed by atoms with E-state index >= 15 is 0 Å². The summed E-state index contributed by atoms with van der Waals surface area (Å²) in [5, 5.41) is 3.56. The number of carbonyl (C=O) groups excluding carboxylic acids is 1. The Kier molecular flexibility index (Phi) is 6.58. The SMILES string of the molecule is COc1ccc(CN2CCC(NC(=O)c3sc4nc(C(F)(F)F)ccc4c3C)CC2)cc1F. The van der Waals surface area contributed by atoms with E-state index in [2.05, 4.69) is 15.2 Å². The number of halogens is 4. The first-order valence-electron chi connectivity index (χ1n) is 10.5. The number of amides is 1. The van der Waals surface area contributed by atoms with Crippen molar-refractivity contribution in [1.29, 1.82) is 0 Å². The number of nitrogens with one attached hydrogen (secondary N) is 1. The van der Waals surface area contributed by atoms with Gasteiger partial charge in [-0.3, -0.25) is 9.69 Å². The Morgan fingerprint density at radius 3 is 2.61 bits per heavy atom. The second-order valence-corrected chi connectivity index (χ2v) is 9.10. The normalized spacial score (nSPS) is 15.7. The van der Waals surface area contributed by atoms with Crippen LogP contribution in [0.2, 0.25) is 0 Å². The van der Waals surface area contributed by atoms with Crippen LogP contribution in [-0.4, -0.2) is 42.0 Å². The van der Waals surface area contributed by atoms with Crippen LogP contribution < -0.4 is 10.1 Å². The molecule has 4 rings (SSSR count). The molecule has 0 unspecified atom stereocenters. The number of rotatable bonds is 5. The lowest BCUT2D eigenvalue weighted by molar-refractivity contribution is -0.140. The predicted molar refractivity (Wildman–Crippen MR) is 118 cm³/mol. The average Bonchev–Trinajstić information content (AvgIpc) is 3.11. The minimum Gasteiger partial charge on any atom is -0.494 e. The van der Waals surface area contributed by atoms with E-state index in [9.17, 15) is 22.4 Å². The van der Waals surface area contributed by atoms with E-state index in [4.69, 9.17) is 4.74 Å². The Morgan fingerprint density at radius 1 is 1.24 bits per heavy atom. The fourth-order valence-electron chi connectivity index (χ4n) is 4.03. The number of methoxy groups -OCH3 is 1. The molecular formula is C23H23F4N3O2S. The molecule has 1 aliphatic rings. The molecule has 3 heterocycles. The lowest BCUT2D eigenvalue weighted by Crippen LogP contribution is -2.44. The molecule has 2 aromatic heterocycles. The highest BCUT2D eigenvalue weighted by Gasteiger charge is 2.33. The van der Waals surface area contributed by atoms with Gasteiger partial charge in [-0.1, -0.05) is 6.07 Å². The minimum absolute atomic E-state index is 0.0374. The van der Waals surface area contributed by atoms with Crippen LogP contribution in [0.1, 0.15) is 39.3 Å². The third kappa shape index (κ3) is 5.11. The molecule has 1 saturated heterocycles. The van der Waals surface area contributed by atoms with Crippen molar-refractivity contribution in [1.82, 2.24) is 15.2 Å². The van der Waals surface area contributed by atoms with Gasteiger partial charge in [-0.25, -0.2) is 9.37 Å². The smallest absolute Gasteiger partial charge is 0.433 e. The molecule has 0 bridgehead atoms. The number of fused-ring (bicyclic) bond motifs is 1. The molecule has 1 fully saturated rings. The number of hydrogen-bond acceptors (Lipinski definition) is 5. The van der Waals surface area contributed by atoms with Gasteiger partial charge in [0.2, 0.25) is 0 Å². The Hall–Kier alpha value is -2.72. The summed E-state index contributed by atoms with van der Waals surface area (Å²) < 4.78 is 57.7. The highest BCUT2D eigenvalue weighted by molar-refractivity contribution is 7.20. The van der Waals surface area contributed by atoms with Crippen molar-refractivity contribution in [3.8, 4) is 5.75 Å². The number of nitrogens with zero attached hydrogens (tertiary/aromatic N) is 2. The van der Waals surface area contributed by atoms with Gasteiger partial charge in [-0.15, -0.1) is 11.3 Å². The summed E-state index contributed by atoms with van der Waals surface area (Å²) in [6, 6.07) is 7.18. The molecule has 33 heavy (non-hydrogen) atoms. The summed E-state index contributed by atoms with van der Waals surface area (Å²) in [5.74, 6) is -0.478. The molecule has 1 amide bonds. The number of pyridine rings is 1. The van der Waals surface area contributed by atoms with Crippen molar-refractivity contribution in [2.24, 2.45) is 0 Å². The van der Waals surface area contributed by atoms with Crippen molar-refractivity contribution < 1.29 is 27.1 Å². The van der Waals surface area contributed by atoms with Crippen molar-refractivity contribution in [3.05, 3.63) is 57.8 Å². The van der Waals surface area contributed by atoms with Gasteiger partial charge in [0.1, 0.15) is 10.5 Å². The van der Waals surface area contributed by atoms with Crippen LogP contribution in [0.4, 0.5) is 17.6 Å². The molecule has 5 nitrogen and oxygen atoms in total. The first-order valence-corrected chi connectivity index (χ1v) is 11.3. The number of aromatic nitrogens is 1. The van der Waals surface area contributed by atoms with Crippen LogP contribution in [0.15, 0.2) is 30.3 Å². The van der Waals surface area contributed by atoms with Crippen LogP contribution in [0.25, 0.3) is 10.2 Å². The van der Waals surface area contributed by atoms with Crippen LogP contribution in [0.3, 0.4) is 0 Å². The lowest BCUT2D eigenvalue weighted by Gasteiger charge is -2.32. The lowest BCUT2D eigenvalue weighted by atomic mass is 10.0. The number of likely N-dealkylation sites (tertiary alicyclic amines) is 1. The number of hydrogen-bond donors (Lipinski definition) is 1. The molecule has 0 saturated carbocycles. The highest BCUT2D eigenvalue weighted by atomic mass is 32.1. The summed E-state index contributed by atoms with van der Waals surface area (Å²) in [5.41, 5.74) is 0.516. The van der Waals surface area contributed by atoms with Crippen molar-refractivity contribution in [2.45, 2.75) is 38.5 Å². The van der Waals surface area contributed by atoms with Crippen LogP contribution in [0.5, 0.6) is 5.75 Å². The van der Waals surface area contributed by atoms with Crippen LogP contribution in [0, 0.1) is 12.7 Å². The van der Waals surface area contributed by atoms with Gasteiger partial charge in [-0.05, 0) is 55.2 Å². The second kappa shape index (κ2) is 9.26. The zero-order valence-electron chi connectivity index (χ0n) is 18.1. The van der Waals surface area contributed by atoms with E-state index in [1.807, 2.05) is 6.07 Å². The number of aryl methyl sites for hydroxylation is 1. The summed E-state index contributed by atoms with van der Waals surface area (Å²) in [7, 11) is 1.42. The topological polar surface area (TPSA) is 54.5 Å². The first-order chi connectivity index (χ1) is 15.7. The maximum atomic E-state index is 13.9. The van der Waals surface area contributed by atoms with Crippen LogP contribution >= 0.6 is 11.3 Å². The molecule has 176 valence electrons. The minimum atomic E-state index is -4.53.